The topological polar surface area (TPSA) is 12.0 Å². The van der Waals surface area contributed by atoms with Crippen molar-refractivity contribution in [3.63, 3.8) is 0 Å². The molecule has 2 unspecified atom stereocenters. The highest BCUT2D eigenvalue weighted by Crippen LogP contribution is 2.29. The molecule has 104 valence electrons. The number of rotatable bonds is 4. The van der Waals surface area contributed by atoms with Crippen molar-refractivity contribution >= 4 is 0 Å². The second kappa shape index (κ2) is 6.23. The average Bonchev–Trinajstić information content (AvgIpc) is 2.48. The molecule has 0 aromatic heterocycles. The van der Waals surface area contributed by atoms with E-state index >= 15 is 0 Å². The first-order chi connectivity index (χ1) is 9.83. The maximum Gasteiger partial charge on any atom is 0.0325 e. The summed E-state index contributed by atoms with van der Waals surface area (Å²) >= 11 is 0. The van der Waals surface area contributed by atoms with Gasteiger partial charge in [0.2, 0.25) is 0 Å². The zero-order valence-corrected chi connectivity index (χ0v) is 12.2. The van der Waals surface area contributed by atoms with Crippen LogP contribution in [0.5, 0.6) is 0 Å². The lowest BCUT2D eigenvalue weighted by molar-refractivity contribution is 0.407. The van der Waals surface area contributed by atoms with Crippen LogP contribution in [-0.4, -0.2) is 6.04 Å². The van der Waals surface area contributed by atoms with E-state index in [0.717, 1.165) is 6.42 Å². The summed E-state index contributed by atoms with van der Waals surface area (Å²) in [6.45, 7) is 2.30. The maximum atomic E-state index is 3.82. The van der Waals surface area contributed by atoms with Gasteiger partial charge in [0.05, 0.1) is 0 Å². The summed E-state index contributed by atoms with van der Waals surface area (Å²) < 4.78 is 0. The van der Waals surface area contributed by atoms with Gasteiger partial charge < -0.3 is 5.32 Å². The highest BCUT2D eigenvalue weighted by Gasteiger charge is 2.20. The summed E-state index contributed by atoms with van der Waals surface area (Å²) in [5.41, 5.74) is 4.46. The van der Waals surface area contributed by atoms with Crippen LogP contribution in [0.25, 0.3) is 0 Å². The molecule has 0 saturated heterocycles. The normalized spacial score (nSPS) is 19.4. The van der Waals surface area contributed by atoms with E-state index in [9.17, 15) is 0 Å². The van der Waals surface area contributed by atoms with Crippen LogP contribution >= 0.6 is 0 Å². The van der Waals surface area contributed by atoms with E-state index in [4.69, 9.17) is 0 Å². The van der Waals surface area contributed by atoms with Crippen LogP contribution in [0, 0.1) is 0 Å². The fourth-order valence-corrected chi connectivity index (χ4v) is 3.30. The summed E-state index contributed by atoms with van der Waals surface area (Å²) in [4.78, 5) is 0. The number of benzene rings is 2. The second-order valence-electron chi connectivity index (χ2n) is 5.90. The van der Waals surface area contributed by atoms with Gasteiger partial charge in [0.15, 0.2) is 0 Å². The lowest BCUT2D eigenvalue weighted by Crippen LogP contribution is -2.34. The average molecular weight is 265 g/mol. The van der Waals surface area contributed by atoms with E-state index < -0.39 is 0 Å². The van der Waals surface area contributed by atoms with Crippen molar-refractivity contribution in [3.05, 3.63) is 71.3 Å². The maximum absolute atomic E-state index is 3.82. The third-order valence-electron chi connectivity index (χ3n) is 4.24. The summed E-state index contributed by atoms with van der Waals surface area (Å²) in [6.07, 6.45) is 4.89. The van der Waals surface area contributed by atoms with Gasteiger partial charge in [0.25, 0.3) is 0 Å². The predicted molar refractivity (Wildman–Crippen MR) is 84.9 cm³/mol. The Labute approximate surface area is 122 Å². The van der Waals surface area contributed by atoms with Crippen molar-refractivity contribution in [2.75, 3.05) is 0 Å². The number of nitrogens with one attached hydrogen (secondary N) is 1. The second-order valence-corrected chi connectivity index (χ2v) is 5.90. The van der Waals surface area contributed by atoms with Gasteiger partial charge in [-0.1, -0.05) is 54.6 Å². The molecule has 1 heteroatoms. The minimum absolute atomic E-state index is 0.508. The van der Waals surface area contributed by atoms with E-state index in [1.54, 1.807) is 0 Å². The van der Waals surface area contributed by atoms with Crippen LogP contribution in [0.3, 0.4) is 0 Å². The van der Waals surface area contributed by atoms with Crippen LogP contribution in [0.1, 0.15) is 42.5 Å². The van der Waals surface area contributed by atoms with Crippen molar-refractivity contribution in [1.82, 2.24) is 5.32 Å². The summed E-state index contributed by atoms with van der Waals surface area (Å²) in [5, 5.41) is 3.82. The number of hydrogen-bond donors (Lipinski definition) is 1. The Morgan fingerprint density at radius 2 is 1.80 bits per heavy atom. The van der Waals surface area contributed by atoms with Crippen molar-refractivity contribution in [1.29, 1.82) is 0 Å². The summed E-state index contributed by atoms with van der Waals surface area (Å²) in [6, 6.07) is 20.7. The monoisotopic (exact) mass is 265 g/mol. The Bertz CT molecular complexity index is 547. The number of hydrogen-bond acceptors (Lipinski definition) is 1. The molecule has 0 amide bonds. The minimum Gasteiger partial charge on any atom is -0.307 e. The number of aryl methyl sites for hydroxylation is 1. The molecule has 2 atom stereocenters. The first-order valence-corrected chi connectivity index (χ1v) is 7.71. The van der Waals surface area contributed by atoms with E-state index in [1.165, 1.54) is 36.0 Å². The quantitative estimate of drug-likeness (QED) is 0.870. The lowest BCUT2D eigenvalue weighted by atomic mass is 9.87. The van der Waals surface area contributed by atoms with Crippen LogP contribution in [0.15, 0.2) is 54.6 Å². The molecule has 0 aliphatic heterocycles. The van der Waals surface area contributed by atoms with E-state index in [0.29, 0.717) is 12.1 Å². The first-order valence-electron chi connectivity index (χ1n) is 7.71. The first kappa shape index (κ1) is 13.4. The van der Waals surface area contributed by atoms with Gasteiger partial charge in [0.1, 0.15) is 0 Å². The third kappa shape index (κ3) is 3.10. The molecular weight excluding hydrogens is 242 g/mol. The van der Waals surface area contributed by atoms with Gasteiger partial charge in [0, 0.05) is 12.1 Å². The van der Waals surface area contributed by atoms with Gasteiger partial charge >= 0.3 is 0 Å². The van der Waals surface area contributed by atoms with E-state index in [-0.39, 0.29) is 0 Å². The van der Waals surface area contributed by atoms with Crippen LogP contribution in [-0.2, 0) is 12.8 Å². The van der Waals surface area contributed by atoms with Crippen molar-refractivity contribution in [2.45, 2.75) is 44.7 Å². The Morgan fingerprint density at radius 3 is 2.65 bits per heavy atom. The summed E-state index contributed by atoms with van der Waals surface area (Å²) in [5.74, 6) is 0. The molecule has 0 fully saturated rings. The standard InChI is InChI=1S/C19H23N/c1-15(14-16-8-3-2-4-9-16)20-19-13-7-11-17-10-5-6-12-18(17)19/h2-6,8-10,12,15,19-20H,7,11,13-14H2,1H3. The van der Waals surface area contributed by atoms with Crippen molar-refractivity contribution < 1.29 is 0 Å². The van der Waals surface area contributed by atoms with E-state index in [2.05, 4.69) is 66.8 Å². The molecule has 0 bridgehead atoms. The molecular formula is C19H23N. The van der Waals surface area contributed by atoms with Gasteiger partial charge in [-0.3, -0.25) is 0 Å². The minimum atomic E-state index is 0.508. The van der Waals surface area contributed by atoms with Crippen molar-refractivity contribution in [2.24, 2.45) is 0 Å². The molecule has 0 heterocycles. The molecule has 3 rings (SSSR count). The zero-order chi connectivity index (χ0) is 13.8. The third-order valence-corrected chi connectivity index (χ3v) is 4.24. The molecule has 20 heavy (non-hydrogen) atoms. The molecule has 1 nitrogen and oxygen atoms in total. The van der Waals surface area contributed by atoms with Gasteiger partial charge in [-0.05, 0) is 49.3 Å². The van der Waals surface area contributed by atoms with Gasteiger partial charge in [-0.25, -0.2) is 0 Å². The summed E-state index contributed by atoms with van der Waals surface area (Å²) in [7, 11) is 0. The van der Waals surface area contributed by atoms with Gasteiger partial charge in [-0.2, -0.15) is 0 Å². The molecule has 2 aromatic carbocycles. The van der Waals surface area contributed by atoms with Crippen LogP contribution < -0.4 is 5.32 Å². The molecule has 2 aromatic rings. The Morgan fingerprint density at radius 1 is 1.05 bits per heavy atom. The lowest BCUT2D eigenvalue weighted by Gasteiger charge is -2.29. The largest absolute Gasteiger partial charge is 0.307 e. The van der Waals surface area contributed by atoms with Gasteiger partial charge in [-0.15, -0.1) is 0 Å². The molecule has 0 radical (unpaired) electrons. The Hall–Kier alpha value is -1.60. The van der Waals surface area contributed by atoms with Crippen LogP contribution in [0.2, 0.25) is 0 Å². The highest BCUT2D eigenvalue weighted by atomic mass is 14.9. The predicted octanol–water partition coefficient (Wildman–Crippen LogP) is 4.28. The number of fused-ring (bicyclic) bond motifs is 1. The zero-order valence-electron chi connectivity index (χ0n) is 12.2. The fraction of sp³-hybridized carbons (Fsp3) is 0.368. The molecule has 1 N–H and O–H groups in total. The highest BCUT2D eigenvalue weighted by molar-refractivity contribution is 5.32. The SMILES string of the molecule is CC(Cc1ccccc1)NC1CCCc2ccccc21. The molecule has 0 saturated carbocycles. The van der Waals surface area contributed by atoms with Crippen LogP contribution in [0.4, 0.5) is 0 Å². The Kier molecular flexibility index (Phi) is 4.17. The smallest absolute Gasteiger partial charge is 0.0325 e. The molecule has 1 aliphatic rings. The molecule has 0 spiro atoms. The van der Waals surface area contributed by atoms with Crippen molar-refractivity contribution in [3.8, 4) is 0 Å². The van der Waals surface area contributed by atoms with E-state index in [1.807, 2.05) is 0 Å². The fourth-order valence-electron chi connectivity index (χ4n) is 3.30. The molecule has 1 aliphatic carbocycles. The Balaban J connectivity index is 1.66.